The van der Waals surface area contributed by atoms with Crippen LogP contribution in [0.1, 0.15) is 37.3 Å². The smallest absolute Gasteiger partial charge is 0.123 e. The summed E-state index contributed by atoms with van der Waals surface area (Å²) < 4.78 is 13.1. The van der Waals surface area contributed by atoms with Gasteiger partial charge in [-0.1, -0.05) is 12.5 Å². The molecule has 100 valence electrons. The van der Waals surface area contributed by atoms with Crippen LogP contribution < -0.4 is 5.73 Å². The first-order valence-electron chi connectivity index (χ1n) is 6.82. The number of aryl methyl sites for hydroxylation is 1. The summed E-state index contributed by atoms with van der Waals surface area (Å²) >= 11 is 0. The zero-order valence-electron chi connectivity index (χ0n) is 11.3. The van der Waals surface area contributed by atoms with Gasteiger partial charge in [-0.2, -0.15) is 0 Å². The molecule has 1 aromatic rings. The van der Waals surface area contributed by atoms with E-state index in [0.29, 0.717) is 6.04 Å². The minimum Gasteiger partial charge on any atom is -0.327 e. The van der Waals surface area contributed by atoms with E-state index in [1.807, 2.05) is 13.0 Å². The van der Waals surface area contributed by atoms with Crippen LogP contribution >= 0.6 is 0 Å². The van der Waals surface area contributed by atoms with Gasteiger partial charge in [0.15, 0.2) is 0 Å². The Balaban J connectivity index is 2.11. The van der Waals surface area contributed by atoms with Crippen molar-refractivity contribution in [1.82, 2.24) is 4.90 Å². The lowest BCUT2D eigenvalue weighted by Gasteiger charge is -2.38. The van der Waals surface area contributed by atoms with Gasteiger partial charge in [0.05, 0.1) is 0 Å². The van der Waals surface area contributed by atoms with E-state index in [2.05, 4.69) is 11.8 Å². The molecule has 2 atom stereocenters. The lowest BCUT2D eigenvalue weighted by Crippen LogP contribution is -2.48. The fourth-order valence-electron chi connectivity index (χ4n) is 2.86. The van der Waals surface area contributed by atoms with Crippen molar-refractivity contribution in [3.8, 4) is 0 Å². The Kier molecular flexibility index (Phi) is 4.36. The number of hydrogen-bond donors (Lipinski definition) is 1. The molecule has 18 heavy (non-hydrogen) atoms. The minimum atomic E-state index is -0.154. The molecule has 0 aliphatic carbocycles. The van der Waals surface area contributed by atoms with Crippen LogP contribution in [-0.4, -0.2) is 23.5 Å². The molecule has 0 aromatic heterocycles. The molecule has 3 heteroatoms. The summed E-state index contributed by atoms with van der Waals surface area (Å²) in [4.78, 5) is 2.45. The third-order valence-corrected chi connectivity index (χ3v) is 3.95. The Hall–Kier alpha value is -0.930. The van der Waals surface area contributed by atoms with E-state index in [0.717, 1.165) is 18.7 Å². The summed E-state index contributed by atoms with van der Waals surface area (Å²) in [5.41, 5.74) is 8.32. The Labute approximate surface area is 109 Å². The normalized spacial score (nSPS) is 23.0. The fourth-order valence-corrected chi connectivity index (χ4v) is 2.86. The summed E-state index contributed by atoms with van der Waals surface area (Å²) in [6, 6.07) is 5.72. The lowest BCUT2D eigenvalue weighted by atomic mass is 9.95. The molecule has 0 bridgehead atoms. The summed E-state index contributed by atoms with van der Waals surface area (Å²) in [5, 5.41) is 0. The van der Waals surface area contributed by atoms with Crippen LogP contribution in [0.3, 0.4) is 0 Å². The van der Waals surface area contributed by atoms with Crippen LogP contribution in [0.2, 0.25) is 0 Å². The maximum absolute atomic E-state index is 13.1. The van der Waals surface area contributed by atoms with Crippen molar-refractivity contribution in [3.05, 3.63) is 35.1 Å². The standard InChI is InChI=1S/C15H23FN2/c1-11-9-14(16)7-6-13(11)10-18-8-4-3-5-15(18)12(2)17/h6-7,9,12,15H,3-5,8,10,17H2,1-2H3. The third kappa shape index (κ3) is 3.09. The molecule has 0 spiro atoms. The van der Waals surface area contributed by atoms with Crippen LogP contribution in [0, 0.1) is 12.7 Å². The maximum Gasteiger partial charge on any atom is 0.123 e. The highest BCUT2D eigenvalue weighted by molar-refractivity contribution is 5.26. The molecule has 2 unspecified atom stereocenters. The molecule has 1 aliphatic rings. The monoisotopic (exact) mass is 250 g/mol. The zero-order valence-corrected chi connectivity index (χ0v) is 11.3. The van der Waals surface area contributed by atoms with Crippen molar-refractivity contribution in [3.63, 3.8) is 0 Å². The van der Waals surface area contributed by atoms with Gasteiger partial charge in [0, 0.05) is 18.6 Å². The van der Waals surface area contributed by atoms with E-state index in [-0.39, 0.29) is 11.9 Å². The predicted octanol–water partition coefficient (Wildman–Crippen LogP) is 2.84. The highest BCUT2D eigenvalue weighted by atomic mass is 19.1. The van der Waals surface area contributed by atoms with E-state index in [1.165, 1.54) is 24.8 Å². The number of nitrogens with two attached hydrogens (primary N) is 1. The first kappa shape index (κ1) is 13.5. The molecule has 0 radical (unpaired) electrons. The van der Waals surface area contributed by atoms with Crippen LogP contribution in [0.15, 0.2) is 18.2 Å². The maximum atomic E-state index is 13.1. The molecular weight excluding hydrogens is 227 g/mol. The minimum absolute atomic E-state index is 0.154. The summed E-state index contributed by atoms with van der Waals surface area (Å²) in [6.45, 7) is 6.05. The van der Waals surface area contributed by atoms with Gasteiger partial charge in [-0.3, -0.25) is 4.90 Å². The second kappa shape index (κ2) is 5.81. The average molecular weight is 250 g/mol. The zero-order chi connectivity index (χ0) is 13.1. The van der Waals surface area contributed by atoms with Gasteiger partial charge in [0.25, 0.3) is 0 Å². The molecule has 0 amide bonds. The number of rotatable bonds is 3. The van der Waals surface area contributed by atoms with Crippen molar-refractivity contribution in [2.75, 3.05) is 6.54 Å². The van der Waals surface area contributed by atoms with Crippen LogP contribution in [0.25, 0.3) is 0 Å². The molecule has 1 saturated heterocycles. The molecule has 2 rings (SSSR count). The van der Waals surface area contributed by atoms with Crippen molar-refractivity contribution in [2.45, 2.75) is 51.7 Å². The topological polar surface area (TPSA) is 29.3 Å². The number of halogens is 1. The van der Waals surface area contributed by atoms with Crippen molar-refractivity contribution in [1.29, 1.82) is 0 Å². The van der Waals surface area contributed by atoms with E-state index >= 15 is 0 Å². The van der Waals surface area contributed by atoms with Crippen LogP contribution in [0.5, 0.6) is 0 Å². The summed E-state index contributed by atoms with van der Waals surface area (Å²) in [7, 11) is 0. The molecule has 1 fully saturated rings. The predicted molar refractivity (Wildman–Crippen MR) is 72.8 cm³/mol. The average Bonchev–Trinajstić information content (AvgIpc) is 2.33. The highest BCUT2D eigenvalue weighted by Gasteiger charge is 2.25. The quantitative estimate of drug-likeness (QED) is 0.894. The molecular formula is C15H23FN2. The van der Waals surface area contributed by atoms with E-state index < -0.39 is 0 Å². The second-order valence-electron chi connectivity index (χ2n) is 5.46. The van der Waals surface area contributed by atoms with Crippen molar-refractivity contribution >= 4 is 0 Å². The van der Waals surface area contributed by atoms with E-state index in [1.54, 1.807) is 12.1 Å². The Bertz CT molecular complexity index is 403. The SMILES string of the molecule is Cc1cc(F)ccc1CN1CCCCC1C(C)N. The summed E-state index contributed by atoms with van der Waals surface area (Å²) in [5.74, 6) is -0.154. The molecule has 2 N–H and O–H groups in total. The van der Waals surface area contributed by atoms with Gasteiger partial charge in [0.1, 0.15) is 5.82 Å². The number of benzene rings is 1. The first-order chi connectivity index (χ1) is 8.58. The summed E-state index contributed by atoms with van der Waals surface area (Å²) in [6.07, 6.45) is 3.69. The van der Waals surface area contributed by atoms with Gasteiger partial charge in [-0.05, 0) is 56.5 Å². The van der Waals surface area contributed by atoms with Crippen molar-refractivity contribution < 1.29 is 4.39 Å². The van der Waals surface area contributed by atoms with E-state index in [4.69, 9.17) is 5.73 Å². The Morgan fingerprint density at radius 2 is 2.22 bits per heavy atom. The van der Waals surface area contributed by atoms with Gasteiger partial charge in [0.2, 0.25) is 0 Å². The van der Waals surface area contributed by atoms with Crippen LogP contribution in [-0.2, 0) is 6.54 Å². The molecule has 1 aliphatic heterocycles. The molecule has 2 nitrogen and oxygen atoms in total. The molecule has 1 aromatic carbocycles. The van der Waals surface area contributed by atoms with Gasteiger partial charge in [-0.25, -0.2) is 4.39 Å². The van der Waals surface area contributed by atoms with Gasteiger partial charge >= 0.3 is 0 Å². The highest BCUT2D eigenvalue weighted by Crippen LogP contribution is 2.22. The Morgan fingerprint density at radius 1 is 1.44 bits per heavy atom. The Morgan fingerprint density at radius 3 is 2.89 bits per heavy atom. The third-order valence-electron chi connectivity index (χ3n) is 3.95. The van der Waals surface area contributed by atoms with Crippen LogP contribution in [0.4, 0.5) is 4.39 Å². The molecule has 0 saturated carbocycles. The van der Waals surface area contributed by atoms with Crippen molar-refractivity contribution in [2.24, 2.45) is 5.73 Å². The number of hydrogen-bond acceptors (Lipinski definition) is 2. The largest absolute Gasteiger partial charge is 0.327 e. The first-order valence-corrected chi connectivity index (χ1v) is 6.82. The van der Waals surface area contributed by atoms with Gasteiger partial charge in [-0.15, -0.1) is 0 Å². The second-order valence-corrected chi connectivity index (χ2v) is 5.46. The number of likely N-dealkylation sites (tertiary alicyclic amines) is 1. The van der Waals surface area contributed by atoms with E-state index in [9.17, 15) is 4.39 Å². The van der Waals surface area contributed by atoms with Gasteiger partial charge < -0.3 is 5.73 Å². The number of piperidine rings is 1. The number of nitrogens with zero attached hydrogens (tertiary/aromatic N) is 1. The lowest BCUT2D eigenvalue weighted by molar-refractivity contribution is 0.123. The molecule has 1 heterocycles. The fraction of sp³-hybridized carbons (Fsp3) is 0.600.